The Morgan fingerprint density at radius 2 is 2.20 bits per heavy atom. The first-order valence-corrected chi connectivity index (χ1v) is 8.69. The summed E-state index contributed by atoms with van der Waals surface area (Å²) in [5.41, 5.74) is 2.85. The Kier molecular flexibility index (Phi) is 5.75. The molecule has 1 aliphatic rings. The Labute approximate surface area is 147 Å². The highest BCUT2D eigenvalue weighted by atomic mass is 16.5. The average Bonchev–Trinajstić information content (AvgIpc) is 2.97. The van der Waals surface area contributed by atoms with Gasteiger partial charge in [-0.2, -0.15) is 0 Å². The van der Waals surface area contributed by atoms with Crippen LogP contribution in [-0.2, 0) is 22.4 Å². The smallest absolute Gasteiger partial charge is 0.223 e. The number of rotatable bonds is 6. The quantitative estimate of drug-likeness (QED) is 0.796. The molecule has 1 fully saturated rings. The van der Waals surface area contributed by atoms with Crippen LogP contribution in [0.25, 0.3) is 0 Å². The molecule has 3 heterocycles. The molecule has 0 aliphatic carbocycles. The van der Waals surface area contributed by atoms with Crippen molar-refractivity contribution in [1.29, 1.82) is 0 Å². The maximum absolute atomic E-state index is 12.7. The van der Waals surface area contributed by atoms with Gasteiger partial charge in [0.25, 0.3) is 0 Å². The molecule has 1 saturated heterocycles. The van der Waals surface area contributed by atoms with E-state index in [2.05, 4.69) is 15.1 Å². The fourth-order valence-corrected chi connectivity index (χ4v) is 3.23. The van der Waals surface area contributed by atoms with Gasteiger partial charge in [0.2, 0.25) is 5.91 Å². The van der Waals surface area contributed by atoms with Crippen molar-refractivity contribution in [2.45, 2.75) is 45.6 Å². The van der Waals surface area contributed by atoms with E-state index in [9.17, 15) is 4.79 Å². The van der Waals surface area contributed by atoms with Gasteiger partial charge in [-0.15, -0.1) is 0 Å². The molecular weight excluding hydrogens is 320 g/mol. The highest BCUT2D eigenvalue weighted by Gasteiger charge is 2.27. The van der Waals surface area contributed by atoms with Crippen molar-refractivity contribution in [2.24, 2.45) is 0 Å². The van der Waals surface area contributed by atoms with Crippen molar-refractivity contribution in [2.75, 3.05) is 19.8 Å². The van der Waals surface area contributed by atoms with Crippen LogP contribution in [0.3, 0.4) is 0 Å². The zero-order valence-electron chi connectivity index (χ0n) is 14.8. The second-order valence-electron chi connectivity index (χ2n) is 6.35. The van der Waals surface area contributed by atoms with Crippen LogP contribution in [0.1, 0.15) is 35.6 Å². The third-order valence-corrected chi connectivity index (χ3v) is 4.67. The molecule has 2 aromatic rings. The molecule has 0 unspecified atom stereocenters. The Bertz CT molecular complexity index is 682. The van der Waals surface area contributed by atoms with Gasteiger partial charge in [-0.05, 0) is 33.1 Å². The van der Waals surface area contributed by atoms with E-state index in [-0.39, 0.29) is 11.9 Å². The molecule has 0 saturated carbocycles. The summed E-state index contributed by atoms with van der Waals surface area (Å²) in [6.07, 6.45) is 7.87. The number of hydrogen-bond acceptors (Lipinski definition) is 6. The van der Waals surface area contributed by atoms with E-state index in [1.54, 1.807) is 18.6 Å². The lowest BCUT2D eigenvalue weighted by Gasteiger charge is -2.35. The molecular formula is C18H24N4O3. The van der Waals surface area contributed by atoms with Crippen molar-refractivity contribution in [3.8, 4) is 0 Å². The van der Waals surface area contributed by atoms with E-state index in [1.165, 1.54) is 0 Å². The number of carbonyl (C=O) groups excluding carboxylic acids is 1. The highest BCUT2D eigenvalue weighted by Crippen LogP contribution is 2.18. The van der Waals surface area contributed by atoms with Gasteiger partial charge in [0, 0.05) is 37.1 Å². The minimum atomic E-state index is 0.0907. The van der Waals surface area contributed by atoms with Crippen molar-refractivity contribution < 1.29 is 14.1 Å². The first-order chi connectivity index (χ1) is 12.1. The van der Waals surface area contributed by atoms with Gasteiger partial charge < -0.3 is 14.2 Å². The summed E-state index contributed by atoms with van der Waals surface area (Å²) in [7, 11) is 0. The molecule has 1 aliphatic heterocycles. The Hall–Kier alpha value is -2.28. The van der Waals surface area contributed by atoms with Crippen molar-refractivity contribution in [1.82, 2.24) is 20.0 Å². The highest BCUT2D eigenvalue weighted by molar-refractivity contribution is 5.77. The number of nitrogens with zero attached hydrogens (tertiary/aromatic N) is 4. The van der Waals surface area contributed by atoms with Gasteiger partial charge in [-0.25, -0.2) is 0 Å². The number of morpholine rings is 1. The normalized spacial score (nSPS) is 17.7. The van der Waals surface area contributed by atoms with Gasteiger partial charge in [-0.1, -0.05) is 5.16 Å². The summed E-state index contributed by atoms with van der Waals surface area (Å²) in [5.74, 6) is 0.957. The minimum Gasteiger partial charge on any atom is -0.377 e. The van der Waals surface area contributed by atoms with Crippen LogP contribution in [0.2, 0.25) is 0 Å². The average molecular weight is 344 g/mol. The summed E-state index contributed by atoms with van der Waals surface area (Å²) in [6.45, 7) is 5.62. The number of carbonyl (C=O) groups is 1. The molecule has 7 nitrogen and oxygen atoms in total. The SMILES string of the molecule is Cc1noc(C)c1CCC(=O)N1CCOC[C@H]1CCc1cnccn1. The van der Waals surface area contributed by atoms with E-state index in [0.29, 0.717) is 32.6 Å². The van der Waals surface area contributed by atoms with Gasteiger partial charge in [0.1, 0.15) is 5.76 Å². The lowest BCUT2D eigenvalue weighted by atomic mass is 10.0. The van der Waals surface area contributed by atoms with Gasteiger partial charge >= 0.3 is 0 Å². The van der Waals surface area contributed by atoms with Crippen LogP contribution in [0, 0.1) is 13.8 Å². The van der Waals surface area contributed by atoms with Crippen molar-refractivity contribution in [3.05, 3.63) is 41.3 Å². The monoisotopic (exact) mass is 344 g/mol. The molecule has 2 aromatic heterocycles. The topological polar surface area (TPSA) is 81.4 Å². The summed E-state index contributed by atoms with van der Waals surface area (Å²) in [4.78, 5) is 23.1. The fourth-order valence-electron chi connectivity index (χ4n) is 3.23. The first-order valence-electron chi connectivity index (χ1n) is 8.69. The zero-order valence-corrected chi connectivity index (χ0v) is 14.8. The Morgan fingerprint density at radius 1 is 1.32 bits per heavy atom. The van der Waals surface area contributed by atoms with Crippen LogP contribution in [0.5, 0.6) is 0 Å². The molecule has 0 spiro atoms. The number of ether oxygens (including phenoxy) is 1. The van der Waals surface area contributed by atoms with Gasteiger partial charge in [0.05, 0.1) is 30.6 Å². The predicted molar refractivity (Wildman–Crippen MR) is 91.0 cm³/mol. The summed E-state index contributed by atoms with van der Waals surface area (Å²) < 4.78 is 10.8. The number of aryl methyl sites for hydroxylation is 3. The van der Waals surface area contributed by atoms with E-state index < -0.39 is 0 Å². The molecule has 0 N–H and O–H groups in total. The standard InChI is InChI=1S/C18H24N4O3/c1-13-17(14(2)25-21-13)5-6-18(23)22-9-10-24-12-16(22)4-3-15-11-19-7-8-20-15/h7-8,11,16H,3-6,9-10,12H2,1-2H3/t16-/m1/s1. The largest absolute Gasteiger partial charge is 0.377 e. The lowest BCUT2D eigenvalue weighted by Crippen LogP contribution is -2.49. The van der Waals surface area contributed by atoms with Crippen LogP contribution in [0.4, 0.5) is 0 Å². The lowest BCUT2D eigenvalue weighted by molar-refractivity contribution is -0.140. The van der Waals surface area contributed by atoms with Crippen LogP contribution in [0.15, 0.2) is 23.1 Å². The summed E-state index contributed by atoms with van der Waals surface area (Å²) >= 11 is 0. The second kappa shape index (κ2) is 8.20. The van der Waals surface area contributed by atoms with Crippen LogP contribution in [-0.4, -0.2) is 51.7 Å². The molecule has 0 radical (unpaired) electrons. The molecule has 7 heteroatoms. The first kappa shape index (κ1) is 17.5. The molecule has 1 amide bonds. The Balaban J connectivity index is 1.57. The van der Waals surface area contributed by atoms with Gasteiger partial charge in [-0.3, -0.25) is 14.8 Å². The second-order valence-corrected chi connectivity index (χ2v) is 6.35. The molecule has 0 aromatic carbocycles. The number of amides is 1. The summed E-state index contributed by atoms with van der Waals surface area (Å²) in [6, 6.07) is 0.0907. The fraction of sp³-hybridized carbons (Fsp3) is 0.556. The zero-order chi connectivity index (χ0) is 17.6. The maximum Gasteiger partial charge on any atom is 0.223 e. The molecule has 25 heavy (non-hydrogen) atoms. The number of aromatic nitrogens is 3. The van der Waals surface area contributed by atoms with Crippen molar-refractivity contribution in [3.63, 3.8) is 0 Å². The summed E-state index contributed by atoms with van der Waals surface area (Å²) in [5, 5.41) is 3.95. The van der Waals surface area contributed by atoms with Crippen LogP contribution >= 0.6 is 0 Å². The van der Waals surface area contributed by atoms with E-state index in [1.807, 2.05) is 18.7 Å². The molecule has 1 atom stereocenters. The molecule has 134 valence electrons. The van der Waals surface area contributed by atoms with E-state index >= 15 is 0 Å². The molecule has 3 rings (SSSR count). The maximum atomic E-state index is 12.7. The minimum absolute atomic E-state index is 0.0907. The van der Waals surface area contributed by atoms with Crippen molar-refractivity contribution >= 4 is 5.91 Å². The Morgan fingerprint density at radius 3 is 2.92 bits per heavy atom. The molecule has 0 bridgehead atoms. The van der Waals surface area contributed by atoms with Gasteiger partial charge in [0.15, 0.2) is 0 Å². The van der Waals surface area contributed by atoms with E-state index in [4.69, 9.17) is 9.26 Å². The third kappa shape index (κ3) is 4.42. The van der Waals surface area contributed by atoms with E-state index in [0.717, 1.165) is 35.6 Å². The third-order valence-electron chi connectivity index (χ3n) is 4.67. The number of hydrogen-bond donors (Lipinski definition) is 0. The van der Waals surface area contributed by atoms with Crippen LogP contribution < -0.4 is 0 Å². The predicted octanol–water partition coefficient (Wildman–Crippen LogP) is 1.87.